The lowest BCUT2D eigenvalue weighted by molar-refractivity contribution is 0.0849. The Labute approximate surface area is 96.4 Å². The molecule has 1 aromatic heterocycles. The number of aromatic nitrogens is 2. The lowest BCUT2D eigenvalue weighted by Gasteiger charge is -2.03. The van der Waals surface area contributed by atoms with E-state index in [0.29, 0.717) is 28.3 Å². The van der Waals surface area contributed by atoms with Crippen molar-refractivity contribution >= 4 is 22.5 Å². The van der Waals surface area contributed by atoms with Crippen molar-refractivity contribution in [2.75, 3.05) is 7.11 Å². The van der Waals surface area contributed by atoms with Crippen LogP contribution in [0.4, 0.5) is 0 Å². The Morgan fingerprint density at radius 2 is 2.38 bits per heavy atom. The highest BCUT2D eigenvalue weighted by atomic mass is 35.5. The number of benzene rings is 1. The summed E-state index contributed by atoms with van der Waals surface area (Å²) >= 11 is 5.84. The van der Waals surface area contributed by atoms with Crippen molar-refractivity contribution in [2.45, 2.75) is 6.54 Å². The van der Waals surface area contributed by atoms with Gasteiger partial charge < -0.3 is 9.82 Å². The van der Waals surface area contributed by atoms with E-state index in [2.05, 4.69) is 20.3 Å². The smallest absolute Gasteiger partial charge is 0.258 e. The lowest BCUT2D eigenvalue weighted by Crippen LogP contribution is -2.18. The van der Waals surface area contributed by atoms with Gasteiger partial charge >= 0.3 is 0 Å². The summed E-state index contributed by atoms with van der Waals surface area (Å²) in [5.41, 5.74) is 2.99. The first kappa shape index (κ1) is 11.1. The van der Waals surface area contributed by atoms with Crippen LogP contribution in [0.25, 0.3) is 10.9 Å². The van der Waals surface area contributed by atoms with Gasteiger partial charge in [-0.15, -0.1) is 0 Å². The Morgan fingerprint density at radius 1 is 1.56 bits per heavy atom. The van der Waals surface area contributed by atoms with Gasteiger partial charge in [0.1, 0.15) is 5.82 Å². The van der Waals surface area contributed by atoms with E-state index in [1.807, 2.05) is 0 Å². The Morgan fingerprint density at radius 3 is 3.12 bits per heavy atom. The van der Waals surface area contributed by atoms with Gasteiger partial charge in [0.25, 0.3) is 5.56 Å². The normalized spacial score (nSPS) is 10.9. The largest absolute Gasteiger partial charge is 0.309 e. The van der Waals surface area contributed by atoms with Crippen molar-refractivity contribution in [1.29, 1.82) is 0 Å². The van der Waals surface area contributed by atoms with Crippen LogP contribution in [0.15, 0.2) is 23.0 Å². The maximum absolute atomic E-state index is 11.7. The summed E-state index contributed by atoms with van der Waals surface area (Å²) < 4.78 is 0. The average Bonchev–Trinajstić information content (AvgIpc) is 2.25. The maximum atomic E-state index is 11.7. The zero-order valence-electron chi connectivity index (χ0n) is 8.58. The predicted octanol–water partition coefficient (Wildman–Crippen LogP) is 1.23. The summed E-state index contributed by atoms with van der Waals surface area (Å²) in [5.74, 6) is 0.501. The van der Waals surface area contributed by atoms with Gasteiger partial charge in [-0.2, -0.15) is 5.48 Å². The fourth-order valence-corrected chi connectivity index (χ4v) is 1.55. The predicted molar refractivity (Wildman–Crippen MR) is 61.2 cm³/mol. The van der Waals surface area contributed by atoms with Crippen molar-refractivity contribution in [3.8, 4) is 0 Å². The van der Waals surface area contributed by atoms with E-state index in [0.717, 1.165) is 0 Å². The Balaban J connectivity index is 2.52. The zero-order chi connectivity index (χ0) is 11.5. The van der Waals surface area contributed by atoms with Gasteiger partial charge in [-0.25, -0.2) is 4.98 Å². The van der Waals surface area contributed by atoms with Gasteiger partial charge in [-0.1, -0.05) is 11.6 Å². The van der Waals surface area contributed by atoms with Crippen LogP contribution in [0.1, 0.15) is 5.82 Å². The third-order valence-corrected chi connectivity index (χ3v) is 2.34. The Bertz CT molecular complexity index is 567. The van der Waals surface area contributed by atoms with E-state index < -0.39 is 0 Å². The summed E-state index contributed by atoms with van der Waals surface area (Å²) in [7, 11) is 1.50. The van der Waals surface area contributed by atoms with Crippen molar-refractivity contribution in [2.24, 2.45) is 0 Å². The molecule has 84 valence electrons. The van der Waals surface area contributed by atoms with Gasteiger partial charge in [0.2, 0.25) is 0 Å². The first-order valence-electron chi connectivity index (χ1n) is 4.65. The van der Waals surface area contributed by atoms with E-state index in [1.165, 1.54) is 7.11 Å². The van der Waals surface area contributed by atoms with Gasteiger partial charge in [0.05, 0.1) is 24.6 Å². The molecule has 0 aliphatic rings. The molecule has 0 fully saturated rings. The van der Waals surface area contributed by atoms with Crippen molar-refractivity contribution in [1.82, 2.24) is 15.4 Å². The summed E-state index contributed by atoms with van der Waals surface area (Å²) in [5, 5.41) is 1.07. The molecule has 0 unspecified atom stereocenters. The minimum absolute atomic E-state index is 0.186. The summed E-state index contributed by atoms with van der Waals surface area (Å²) in [6.45, 7) is 0.328. The molecule has 0 saturated carbocycles. The molecular formula is C10H10ClN3O2. The standard InChI is InChI=1S/C10H10ClN3O2/c1-16-12-5-9-13-8-4-6(11)2-3-7(8)10(15)14-9/h2-4,12H,5H2,1H3,(H,13,14,15). The number of nitrogens with zero attached hydrogens (tertiary/aromatic N) is 1. The number of halogens is 1. The molecular weight excluding hydrogens is 230 g/mol. The van der Waals surface area contributed by atoms with Crippen LogP contribution in [0, 0.1) is 0 Å². The monoisotopic (exact) mass is 239 g/mol. The molecule has 1 aromatic carbocycles. The van der Waals surface area contributed by atoms with Crippen LogP contribution in [-0.2, 0) is 11.4 Å². The highest BCUT2D eigenvalue weighted by Gasteiger charge is 2.03. The van der Waals surface area contributed by atoms with Gasteiger partial charge in [-0.05, 0) is 18.2 Å². The minimum Gasteiger partial charge on any atom is -0.309 e. The summed E-state index contributed by atoms with van der Waals surface area (Å²) in [6, 6.07) is 4.97. The second kappa shape index (κ2) is 4.61. The molecule has 16 heavy (non-hydrogen) atoms. The van der Waals surface area contributed by atoms with Crippen molar-refractivity contribution in [3.63, 3.8) is 0 Å². The molecule has 1 heterocycles. The topological polar surface area (TPSA) is 67.0 Å². The molecule has 5 nitrogen and oxygen atoms in total. The van der Waals surface area contributed by atoms with E-state index in [4.69, 9.17) is 11.6 Å². The third-order valence-electron chi connectivity index (χ3n) is 2.10. The van der Waals surface area contributed by atoms with Crippen LogP contribution in [0.5, 0.6) is 0 Å². The van der Waals surface area contributed by atoms with Gasteiger partial charge in [0, 0.05) is 5.02 Å². The third kappa shape index (κ3) is 2.21. The molecule has 0 atom stereocenters. The van der Waals surface area contributed by atoms with E-state index in [9.17, 15) is 4.79 Å². The van der Waals surface area contributed by atoms with E-state index in [-0.39, 0.29) is 5.56 Å². The fraction of sp³-hybridized carbons (Fsp3) is 0.200. The van der Waals surface area contributed by atoms with E-state index >= 15 is 0 Å². The zero-order valence-corrected chi connectivity index (χ0v) is 9.34. The highest BCUT2D eigenvalue weighted by Crippen LogP contribution is 2.14. The molecule has 0 amide bonds. The van der Waals surface area contributed by atoms with Crippen LogP contribution < -0.4 is 11.0 Å². The van der Waals surface area contributed by atoms with Gasteiger partial charge in [-0.3, -0.25) is 4.79 Å². The second-order valence-electron chi connectivity index (χ2n) is 3.20. The number of rotatable bonds is 3. The number of aromatic amines is 1. The molecule has 0 spiro atoms. The number of hydroxylamine groups is 1. The van der Waals surface area contributed by atoms with Crippen molar-refractivity contribution in [3.05, 3.63) is 39.4 Å². The molecule has 0 bridgehead atoms. The molecule has 2 N–H and O–H groups in total. The highest BCUT2D eigenvalue weighted by molar-refractivity contribution is 6.31. The number of nitrogens with one attached hydrogen (secondary N) is 2. The van der Waals surface area contributed by atoms with Gasteiger partial charge in [0.15, 0.2) is 0 Å². The number of hydrogen-bond acceptors (Lipinski definition) is 4. The van der Waals surface area contributed by atoms with Crippen LogP contribution in [0.3, 0.4) is 0 Å². The van der Waals surface area contributed by atoms with Crippen LogP contribution in [0.2, 0.25) is 5.02 Å². The molecule has 2 rings (SSSR count). The first-order valence-corrected chi connectivity index (χ1v) is 5.03. The molecule has 2 aromatic rings. The van der Waals surface area contributed by atoms with Crippen LogP contribution in [-0.4, -0.2) is 17.1 Å². The molecule has 0 saturated heterocycles. The van der Waals surface area contributed by atoms with Crippen molar-refractivity contribution < 1.29 is 4.84 Å². The Kier molecular flexibility index (Phi) is 3.19. The minimum atomic E-state index is -0.186. The second-order valence-corrected chi connectivity index (χ2v) is 3.64. The SMILES string of the molecule is CONCc1nc2cc(Cl)ccc2c(=O)[nH]1. The summed E-state index contributed by atoms with van der Waals surface area (Å²) in [4.78, 5) is 23.3. The number of H-pyrrole nitrogens is 1. The number of hydrogen-bond donors (Lipinski definition) is 2. The maximum Gasteiger partial charge on any atom is 0.258 e. The first-order chi connectivity index (χ1) is 7.70. The summed E-state index contributed by atoms with van der Waals surface area (Å²) in [6.07, 6.45) is 0. The van der Waals surface area contributed by atoms with E-state index in [1.54, 1.807) is 18.2 Å². The number of fused-ring (bicyclic) bond motifs is 1. The molecule has 0 radical (unpaired) electrons. The average molecular weight is 240 g/mol. The van der Waals surface area contributed by atoms with Crippen LogP contribution >= 0.6 is 11.6 Å². The molecule has 0 aliphatic carbocycles. The molecule has 6 heteroatoms. The Hall–Kier alpha value is -1.43. The quantitative estimate of drug-likeness (QED) is 0.791. The molecule has 0 aliphatic heterocycles. The lowest BCUT2D eigenvalue weighted by atomic mass is 10.2. The fourth-order valence-electron chi connectivity index (χ4n) is 1.39.